The Morgan fingerprint density at radius 2 is 1.93 bits per heavy atom. The van der Waals surface area contributed by atoms with Gasteiger partial charge in [0.15, 0.2) is 11.6 Å². The average molecular weight is 388 g/mol. The quantitative estimate of drug-likeness (QED) is 0.797. The van der Waals surface area contributed by atoms with E-state index < -0.39 is 23.5 Å². The van der Waals surface area contributed by atoms with Gasteiger partial charge in [-0.2, -0.15) is 0 Å². The monoisotopic (exact) mass is 388 g/mol. The maximum atomic E-state index is 14.0. The first-order valence-corrected chi connectivity index (χ1v) is 8.72. The second kappa shape index (κ2) is 8.16. The van der Waals surface area contributed by atoms with E-state index in [1.54, 1.807) is 12.1 Å². The highest BCUT2D eigenvalue weighted by Gasteiger charge is 2.22. The van der Waals surface area contributed by atoms with Gasteiger partial charge in [-0.15, -0.1) is 0 Å². The number of carbonyl (C=O) groups is 3. The van der Waals surface area contributed by atoms with Crippen molar-refractivity contribution in [3.8, 4) is 0 Å². The Balaban J connectivity index is 1.87. The predicted octanol–water partition coefficient (Wildman–Crippen LogP) is 2.97. The summed E-state index contributed by atoms with van der Waals surface area (Å²) in [5.41, 5.74) is 1.67. The van der Waals surface area contributed by atoms with Gasteiger partial charge in [0.2, 0.25) is 5.91 Å². The van der Waals surface area contributed by atoms with Gasteiger partial charge in [-0.05, 0) is 36.2 Å². The summed E-state index contributed by atoms with van der Waals surface area (Å²) in [5.74, 6) is -3.80. The van der Waals surface area contributed by atoms with Crippen LogP contribution in [-0.4, -0.2) is 34.3 Å². The molecule has 2 aromatic carbocycles. The fourth-order valence-electron chi connectivity index (χ4n) is 3.06. The van der Waals surface area contributed by atoms with Gasteiger partial charge in [0.05, 0.1) is 6.42 Å². The largest absolute Gasteiger partial charge is 0.481 e. The van der Waals surface area contributed by atoms with Crippen molar-refractivity contribution in [3.05, 3.63) is 64.7 Å². The van der Waals surface area contributed by atoms with Crippen molar-refractivity contribution in [3.63, 3.8) is 0 Å². The second-order valence-electron chi connectivity index (χ2n) is 6.50. The zero-order chi connectivity index (χ0) is 20.3. The number of benzene rings is 2. The van der Waals surface area contributed by atoms with Crippen molar-refractivity contribution < 1.29 is 28.3 Å². The normalized spacial score (nSPS) is 12.9. The first-order valence-electron chi connectivity index (χ1n) is 8.72. The molecule has 0 aliphatic carbocycles. The van der Waals surface area contributed by atoms with Crippen molar-refractivity contribution in [2.24, 2.45) is 0 Å². The number of carboxylic acid groups (broad SMARTS) is 1. The van der Waals surface area contributed by atoms with Crippen LogP contribution in [0.1, 0.15) is 34.3 Å². The first-order chi connectivity index (χ1) is 13.3. The van der Waals surface area contributed by atoms with Gasteiger partial charge in [0, 0.05) is 36.3 Å². The van der Waals surface area contributed by atoms with Crippen LogP contribution in [0.4, 0.5) is 14.5 Å². The average Bonchev–Trinajstić information content (AvgIpc) is 2.67. The lowest BCUT2D eigenvalue weighted by Gasteiger charge is -2.24. The standard InChI is InChI=1S/C20H18F2N2O4/c21-15-3-1-2-14(19(15)22)11-24(9-8-18(26)27)20(28)13-4-6-16-12(10-13)5-7-17(25)23-16/h1-4,6,10H,5,7-9,11H2,(H,23,25)(H,26,27). The molecule has 0 saturated heterocycles. The maximum Gasteiger partial charge on any atom is 0.305 e. The molecule has 2 amide bonds. The van der Waals surface area contributed by atoms with Crippen LogP contribution < -0.4 is 5.32 Å². The molecule has 28 heavy (non-hydrogen) atoms. The lowest BCUT2D eigenvalue weighted by atomic mass is 9.99. The van der Waals surface area contributed by atoms with Crippen molar-refractivity contribution in [2.45, 2.75) is 25.8 Å². The molecule has 1 aliphatic heterocycles. The van der Waals surface area contributed by atoms with Crippen LogP contribution in [0.5, 0.6) is 0 Å². The fourth-order valence-corrected chi connectivity index (χ4v) is 3.06. The molecule has 1 aliphatic rings. The number of anilines is 1. The van der Waals surface area contributed by atoms with E-state index in [0.717, 1.165) is 11.6 Å². The Morgan fingerprint density at radius 1 is 1.14 bits per heavy atom. The first kappa shape index (κ1) is 19.5. The number of fused-ring (bicyclic) bond motifs is 1. The summed E-state index contributed by atoms with van der Waals surface area (Å²) in [5, 5.41) is 11.7. The molecule has 0 atom stereocenters. The lowest BCUT2D eigenvalue weighted by molar-refractivity contribution is -0.137. The number of amides is 2. The zero-order valence-corrected chi connectivity index (χ0v) is 14.9. The molecule has 2 N–H and O–H groups in total. The van der Waals surface area contributed by atoms with Crippen LogP contribution in [0.25, 0.3) is 0 Å². The second-order valence-corrected chi connectivity index (χ2v) is 6.50. The molecule has 0 saturated carbocycles. The van der Waals surface area contributed by atoms with Gasteiger partial charge < -0.3 is 15.3 Å². The molecule has 0 fully saturated rings. The third kappa shape index (κ3) is 4.33. The number of hydrogen-bond donors (Lipinski definition) is 2. The van der Waals surface area contributed by atoms with E-state index >= 15 is 0 Å². The van der Waals surface area contributed by atoms with Crippen LogP contribution in [0.15, 0.2) is 36.4 Å². The number of carbonyl (C=O) groups excluding carboxylic acids is 2. The molecule has 3 rings (SSSR count). The minimum absolute atomic E-state index is 0.0380. The summed E-state index contributed by atoms with van der Waals surface area (Å²) in [6, 6.07) is 8.41. The molecule has 0 radical (unpaired) electrons. The van der Waals surface area contributed by atoms with E-state index in [1.807, 2.05) is 0 Å². The fraction of sp³-hybridized carbons (Fsp3) is 0.250. The van der Waals surface area contributed by atoms with Crippen molar-refractivity contribution in [1.29, 1.82) is 0 Å². The van der Waals surface area contributed by atoms with Crippen molar-refractivity contribution in [2.75, 3.05) is 11.9 Å². The Kier molecular flexibility index (Phi) is 5.67. The van der Waals surface area contributed by atoms with E-state index in [-0.39, 0.29) is 36.5 Å². The molecule has 6 nitrogen and oxygen atoms in total. The summed E-state index contributed by atoms with van der Waals surface area (Å²) < 4.78 is 27.5. The highest BCUT2D eigenvalue weighted by atomic mass is 19.2. The Bertz CT molecular complexity index is 946. The van der Waals surface area contributed by atoms with Crippen molar-refractivity contribution in [1.82, 2.24) is 4.90 Å². The predicted molar refractivity (Wildman–Crippen MR) is 96.7 cm³/mol. The molecule has 1 heterocycles. The highest BCUT2D eigenvalue weighted by Crippen LogP contribution is 2.25. The number of aryl methyl sites for hydroxylation is 1. The number of nitrogens with one attached hydrogen (secondary N) is 1. The van der Waals surface area contributed by atoms with E-state index in [2.05, 4.69) is 5.32 Å². The summed E-state index contributed by atoms with van der Waals surface area (Å²) in [6.45, 7) is -0.415. The van der Waals surface area contributed by atoms with Crippen LogP contribution in [0.3, 0.4) is 0 Å². The van der Waals surface area contributed by atoms with E-state index in [9.17, 15) is 23.2 Å². The van der Waals surface area contributed by atoms with Crippen LogP contribution in [-0.2, 0) is 22.6 Å². The molecular formula is C20H18F2N2O4. The van der Waals surface area contributed by atoms with Crippen LogP contribution in [0.2, 0.25) is 0 Å². The number of carboxylic acids is 1. The molecular weight excluding hydrogens is 370 g/mol. The van der Waals surface area contributed by atoms with Gasteiger partial charge >= 0.3 is 5.97 Å². The van der Waals surface area contributed by atoms with Crippen LogP contribution >= 0.6 is 0 Å². The Labute approximate surface area is 159 Å². The zero-order valence-electron chi connectivity index (χ0n) is 14.9. The smallest absolute Gasteiger partial charge is 0.305 e. The summed E-state index contributed by atoms with van der Waals surface area (Å²) in [6.07, 6.45) is 0.460. The molecule has 0 spiro atoms. The van der Waals surface area contributed by atoms with Gasteiger partial charge in [-0.25, -0.2) is 8.78 Å². The highest BCUT2D eigenvalue weighted by molar-refractivity contribution is 5.98. The minimum atomic E-state index is -1.11. The third-order valence-corrected chi connectivity index (χ3v) is 4.52. The summed E-state index contributed by atoms with van der Waals surface area (Å²) in [7, 11) is 0. The van der Waals surface area contributed by atoms with Crippen molar-refractivity contribution >= 4 is 23.5 Å². The number of hydrogen-bond acceptors (Lipinski definition) is 3. The summed E-state index contributed by atoms with van der Waals surface area (Å²) >= 11 is 0. The lowest BCUT2D eigenvalue weighted by Crippen LogP contribution is -2.33. The van der Waals surface area contributed by atoms with Gasteiger partial charge in [0.1, 0.15) is 0 Å². The van der Waals surface area contributed by atoms with E-state index in [4.69, 9.17) is 5.11 Å². The van der Waals surface area contributed by atoms with Gasteiger partial charge in [-0.1, -0.05) is 12.1 Å². The van der Waals surface area contributed by atoms with E-state index in [0.29, 0.717) is 18.5 Å². The molecule has 0 aromatic heterocycles. The molecule has 0 unspecified atom stereocenters. The number of nitrogens with zero attached hydrogens (tertiary/aromatic N) is 1. The van der Waals surface area contributed by atoms with Gasteiger partial charge in [0.25, 0.3) is 5.91 Å². The number of rotatable bonds is 6. The third-order valence-electron chi connectivity index (χ3n) is 4.52. The number of halogens is 2. The molecule has 2 aromatic rings. The summed E-state index contributed by atoms with van der Waals surface area (Å²) in [4.78, 5) is 36.5. The Hall–Kier alpha value is -3.29. The maximum absolute atomic E-state index is 14.0. The van der Waals surface area contributed by atoms with Gasteiger partial charge in [-0.3, -0.25) is 14.4 Å². The minimum Gasteiger partial charge on any atom is -0.481 e. The van der Waals surface area contributed by atoms with Crippen LogP contribution in [0, 0.1) is 11.6 Å². The topological polar surface area (TPSA) is 86.7 Å². The van der Waals surface area contributed by atoms with E-state index in [1.165, 1.54) is 23.1 Å². The SMILES string of the molecule is O=C(O)CCN(Cc1cccc(F)c1F)C(=O)c1ccc2c(c1)CCC(=O)N2. The molecule has 0 bridgehead atoms. The Morgan fingerprint density at radius 3 is 2.68 bits per heavy atom. The molecule has 146 valence electrons. The molecule has 8 heteroatoms. The number of aliphatic carboxylic acids is 1.